The van der Waals surface area contributed by atoms with E-state index in [4.69, 9.17) is 16.1 Å². The molecule has 1 aliphatic carbocycles. The van der Waals surface area contributed by atoms with Crippen molar-refractivity contribution < 1.29 is 0 Å². The average Bonchev–Trinajstić information content (AvgIpc) is 2.84. The number of benzene rings is 1. The third kappa shape index (κ3) is 2.74. The van der Waals surface area contributed by atoms with Gasteiger partial charge >= 0.3 is 0 Å². The maximum atomic E-state index is 7.76. The van der Waals surface area contributed by atoms with E-state index >= 15 is 0 Å². The van der Waals surface area contributed by atoms with E-state index in [1.807, 2.05) is 30.3 Å². The molecule has 1 aromatic heterocycles. The van der Waals surface area contributed by atoms with Crippen LogP contribution in [0.25, 0.3) is 0 Å². The lowest BCUT2D eigenvalue weighted by molar-refractivity contribution is 0.891. The van der Waals surface area contributed by atoms with E-state index in [0.717, 1.165) is 44.9 Å². The lowest BCUT2D eigenvalue weighted by atomic mass is 10.1. The minimum absolute atomic E-state index is 0.0877. The number of halogens is 1. The molecule has 3 N–H and O–H groups in total. The molecule has 0 amide bonds. The first-order valence-corrected chi connectivity index (χ1v) is 8.05. The first-order chi connectivity index (χ1) is 9.63. The summed E-state index contributed by atoms with van der Waals surface area (Å²) in [7, 11) is 0. The van der Waals surface area contributed by atoms with Crippen molar-refractivity contribution in [3.63, 3.8) is 0 Å². The van der Waals surface area contributed by atoms with Crippen LogP contribution < -0.4 is 5.73 Å². The molecule has 2 aromatic rings. The standard InChI is InChI=1S/C15H14BrN3S/c16-10-4-2-5-11(8-10)20-15-12(14(17)18)7-9-3-1-6-13(9)19-15/h2,4-5,7-8H,1,3,6H2,(H3,17,18). The Morgan fingerprint density at radius 2 is 2.15 bits per heavy atom. The summed E-state index contributed by atoms with van der Waals surface area (Å²) in [5.41, 5.74) is 8.86. The molecule has 5 heteroatoms. The summed E-state index contributed by atoms with van der Waals surface area (Å²) in [6, 6.07) is 10.1. The van der Waals surface area contributed by atoms with E-state index in [0.29, 0.717) is 0 Å². The van der Waals surface area contributed by atoms with Crippen LogP contribution in [0.2, 0.25) is 0 Å². The molecule has 0 atom stereocenters. The zero-order valence-corrected chi connectivity index (χ0v) is 13.2. The zero-order valence-electron chi connectivity index (χ0n) is 10.8. The van der Waals surface area contributed by atoms with Gasteiger partial charge in [-0.05, 0) is 49.1 Å². The van der Waals surface area contributed by atoms with E-state index in [-0.39, 0.29) is 5.84 Å². The van der Waals surface area contributed by atoms with Gasteiger partial charge in [0.2, 0.25) is 0 Å². The molecule has 3 rings (SSSR count). The van der Waals surface area contributed by atoms with Crippen molar-refractivity contribution in [3.8, 4) is 0 Å². The van der Waals surface area contributed by atoms with Gasteiger partial charge in [0.05, 0.1) is 0 Å². The van der Waals surface area contributed by atoms with Gasteiger partial charge < -0.3 is 5.73 Å². The Balaban J connectivity index is 2.01. The normalized spacial score (nSPS) is 13.2. The van der Waals surface area contributed by atoms with Crippen molar-refractivity contribution in [3.05, 3.63) is 51.6 Å². The molecule has 0 bridgehead atoms. The molecule has 0 spiro atoms. The highest BCUT2D eigenvalue weighted by Crippen LogP contribution is 2.33. The number of aromatic nitrogens is 1. The van der Waals surface area contributed by atoms with Crippen LogP contribution in [0, 0.1) is 5.41 Å². The Kier molecular flexibility index (Phi) is 3.81. The molecule has 1 heterocycles. The van der Waals surface area contributed by atoms with Gasteiger partial charge in [-0.3, -0.25) is 5.41 Å². The summed E-state index contributed by atoms with van der Waals surface area (Å²) in [6.07, 6.45) is 3.22. The second-order valence-electron chi connectivity index (χ2n) is 4.77. The minimum Gasteiger partial charge on any atom is -0.384 e. The number of rotatable bonds is 3. The summed E-state index contributed by atoms with van der Waals surface area (Å²) < 4.78 is 1.04. The molecule has 0 unspecified atom stereocenters. The topological polar surface area (TPSA) is 62.8 Å². The Labute approximate surface area is 130 Å². The van der Waals surface area contributed by atoms with Crippen molar-refractivity contribution >= 4 is 33.5 Å². The Morgan fingerprint density at radius 1 is 1.30 bits per heavy atom. The molecule has 0 fully saturated rings. The molecular weight excluding hydrogens is 334 g/mol. The van der Waals surface area contributed by atoms with E-state index in [1.54, 1.807) is 11.8 Å². The number of aryl methyl sites for hydroxylation is 2. The van der Waals surface area contributed by atoms with Crippen molar-refractivity contribution in [2.24, 2.45) is 5.73 Å². The van der Waals surface area contributed by atoms with Crippen LogP contribution in [0.5, 0.6) is 0 Å². The average molecular weight is 348 g/mol. The molecule has 0 aliphatic heterocycles. The Hall–Kier alpha value is -1.33. The molecule has 0 saturated heterocycles. The monoisotopic (exact) mass is 347 g/mol. The molecule has 20 heavy (non-hydrogen) atoms. The van der Waals surface area contributed by atoms with Gasteiger partial charge in [-0.25, -0.2) is 4.98 Å². The highest BCUT2D eigenvalue weighted by atomic mass is 79.9. The molecule has 102 valence electrons. The van der Waals surface area contributed by atoms with Gasteiger partial charge in [0.25, 0.3) is 0 Å². The minimum atomic E-state index is 0.0877. The fraction of sp³-hybridized carbons (Fsp3) is 0.200. The van der Waals surface area contributed by atoms with E-state index < -0.39 is 0 Å². The molecule has 1 aromatic carbocycles. The molecule has 0 saturated carbocycles. The fourth-order valence-electron chi connectivity index (χ4n) is 2.37. The van der Waals surface area contributed by atoms with Crippen LogP contribution in [-0.2, 0) is 12.8 Å². The number of amidine groups is 1. The van der Waals surface area contributed by atoms with Crippen LogP contribution >= 0.6 is 27.7 Å². The third-order valence-corrected chi connectivity index (χ3v) is 4.80. The number of nitrogens with one attached hydrogen (secondary N) is 1. The van der Waals surface area contributed by atoms with Crippen molar-refractivity contribution in [2.45, 2.75) is 29.2 Å². The first-order valence-electron chi connectivity index (χ1n) is 6.44. The maximum absolute atomic E-state index is 7.76. The summed E-state index contributed by atoms with van der Waals surface area (Å²) in [5.74, 6) is 0.0877. The molecular formula is C15H14BrN3S. The summed E-state index contributed by atoms with van der Waals surface area (Å²) in [5, 5.41) is 8.59. The smallest absolute Gasteiger partial charge is 0.125 e. The number of fused-ring (bicyclic) bond motifs is 1. The number of nitrogens with zero attached hydrogens (tertiary/aromatic N) is 1. The number of hydrogen-bond acceptors (Lipinski definition) is 3. The third-order valence-electron chi connectivity index (χ3n) is 3.32. The van der Waals surface area contributed by atoms with Gasteiger partial charge in [-0.15, -0.1) is 0 Å². The number of pyridine rings is 1. The molecule has 1 aliphatic rings. The first kappa shape index (κ1) is 13.6. The van der Waals surface area contributed by atoms with Crippen LogP contribution in [0.1, 0.15) is 23.2 Å². The molecule has 3 nitrogen and oxygen atoms in total. The second kappa shape index (κ2) is 5.58. The van der Waals surface area contributed by atoms with Gasteiger partial charge in [-0.2, -0.15) is 0 Å². The second-order valence-corrected chi connectivity index (χ2v) is 6.75. The van der Waals surface area contributed by atoms with Gasteiger partial charge in [0.15, 0.2) is 0 Å². The summed E-state index contributed by atoms with van der Waals surface area (Å²) in [6.45, 7) is 0. The number of nitrogen functional groups attached to an aromatic ring is 1. The lowest BCUT2D eigenvalue weighted by Gasteiger charge is -2.10. The van der Waals surface area contributed by atoms with E-state index in [1.165, 1.54) is 5.56 Å². The van der Waals surface area contributed by atoms with Crippen molar-refractivity contribution in [1.82, 2.24) is 4.98 Å². The van der Waals surface area contributed by atoms with Gasteiger partial charge in [0.1, 0.15) is 10.9 Å². The summed E-state index contributed by atoms with van der Waals surface area (Å²) in [4.78, 5) is 5.82. The number of hydrogen-bond donors (Lipinski definition) is 2. The lowest BCUT2D eigenvalue weighted by Crippen LogP contribution is -2.14. The van der Waals surface area contributed by atoms with Gasteiger partial charge in [-0.1, -0.05) is 33.8 Å². The van der Waals surface area contributed by atoms with Crippen LogP contribution in [0.3, 0.4) is 0 Å². The maximum Gasteiger partial charge on any atom is 0.125 e. The Morgan fingerprint density at radius 3 is 2.90 bits per heavy atom. The van der Waals surface area contributed by atoms with Gasteiger partial charge in [0, 0.05) is 20.6 Å². The van der Waals surface area contributed by atoms with Crippen LogP contribution in [0.4, 0.5) is 0 Å². The fourth-order valence-corrected chi connectivity index (χ4v) is 3.91. The zero-order chi connectivity index (χ0) is 14.1. The van der Waals surface area contributed by atoms with E-state index in [9.17, 15) is 0 Å². The van der Waals surface area contributed by atoms with Crippen molar-refractivity contribution in [2.75, 3.05) is 0 Å². The van der Waals surface area contributed by atoms with Crippen molar-refractivity contribution in [1.29, 1.82) is 5.41 Å². The Bertz CT molecular complexity index is 685. The van der Waals surface area contributed by atoms with E-state index in [2.05, 4.69) is 15.9 Å². The quantitative estimate of drug-likeness (QED) is 0.656. The predicted octanol–water partition coefficient (Wildman–Crippen LogP) is 3.77. The number of nitrogens with two attached hydrogens (primary N) is 1. The van der Waals surface area contributed by atoms with Crippen LogP contribution in [-0.4, -0.2) is 10.8 Å². The van der Waals surface area contributed by atoms with Crippen LogP contribution in [0.15, 0.2) is 44.7 Å². The summed E-state index contributed by atoms with van der Waals surface area (Å²) >= 11 is 5.03. The molecule has 0 radical (unpaired) electrons. The SMILES string of the molecule is N=C(N)c1cc2c(nc1Sc1cccc(Br)c1)CCC2. The predicted molar refractivity (Wildman–Crippen MR) is 85.5 cm³/mol. The highest BCUT2D eigenvalue weighted by Gasteiger charge is 2.18. The largest absolute Gasteiger partial charge is 0.384 e. The highest BCUT2D eigenvalue weighted by molar-refractivity contribution is 9.10.